The number of carbonyl (C=O) groups is 1. The quantitative estimate of drug-likeness (QED) is 0.764. The number of thioether (sulfide) groups is 1. The first-order valence-electron chi connectivity index (χ1n) is 5.78. The first-order chi connectivity index (χ1) is 7.22. The fourth-order valence-electron chi connectivity index (χ4n) is 2.16. The van der Waals surface area contributed by atoms with E-state index in [9.17, 15) is 4.79 Å². The zero-order valence-electron chi connectivity index (χ0n) is 9.53. The summed E-state index contributed by atoms with van der Waals surface area (Å²) < 4.78 is 0. The number of carbonyl (C=O) groups excluding carboxylic acids is 1. The Labute approximate surface area is 96.0 Å². The zero-order chi connectivity index (χ0) is 10.8. The van der Waals surface area contributed by atoms with Gasteiger partial charge in [0.1, 0.15) is 0 Å². The van der Waals surface area contributed by atoms with Gasteiger partial charge in [0, 0.05) is 24.4 Å². The van der Waals surface area contributed by atoms with Crippen LogP contribution >= 0.6 is 11.8 Å². The van der Waals surface area contributed by atoms with Crippen LogP contribution in [-0.2, 0) is 4.79 Å². The summed E-state index contributed by atoms with van der Waals surface area (Å²) in [7, 11) is 0. The molecule has 4 heteroatoms. The molecule has 1 N–H and O–H groups in total. The molecule has 2 aliphatic rings. The van der Waals surface area contributed by atoms with Crippen LogP contribution in [0.15, 0.2) is 0 Å². The third-order valence-electron chi connectivity index (χ3n) is 3.19. The van der Waals surface area contributed by atoms with E-state index in [1.165, 1.54) is 12.8 Å². The Morgan fingerprint density at radius 1 is 1.53 bits per heavy atom. The minimum Gasteiger partial charge on any atom is -0.338 e. The van der Waals surface area contributed by atoms with Crippen LogP contribution in [-0.4, -0.2) is 47.5 Å². The fraction of sp³-hybridized carbons (Fsp3) is 0.909. The molecule has 0 radical (unpaired) electrons. The smallest absolute Gasteiger partial charge is 0.240 e. The third-order valence-corrected chi connectivity index (χ3v) is 4.01. The van der Waals surface area contributed by atoms with Crippen molar-refractivity contribution in [2.24, 2.45) is 0 Å². The highest BCUT2D eigenvalue weighted by Crippen LogP contribution is 2.23. The summed E-state index contributed by atoms with van der Waals surface area (Å²) in [4.78, 5) is 14.1. The second kappa shape index (κ2) is 4.74. The molecule has 1 amide bonds. The SMILES string of the molecule is CSCC(C)N1CCC(NC2CC2)C1=O. The lowest BCUT2D eigenvalue weighted by molar-refractivity contribution is -0.130. The summed E-state index contributed by atoms with van der Waals surface area (Å²) in [6, 6.07) is 1.13. The standard InChI is InChI=1S/C11H20N2OS/c1-8(7-15-2)13-6-5-10(11(13)14)12-9-3-4-9/h8-10,12H,3-7H2,1-2H3. The molecule has 0 spiro atoms. The van der Waals surface area contributed by atoms with E-state index < -0.39 is 0 Å². The van der Waals surface area contributed by atoms with Gasteiger partial charge in [-0.1, -0.05) is 0 Å². The Hall–Kier alpha value is -0.220. The molecular weight excluding hydrogens is 208 g/mol. The molecule has 2 unspecified atom stereocenters. The highest BCUT2D eigenvalue weighted by molar-refractivity contribution is 7.98. The Balaban J connectivity index is 1.84. The average Bonchev–Trinajstić information content (AvgIpc) is 2.93. The van der Waals surface area contributed by atoms with Gasteiger partial charge in [0.25, 0.3) is 0 Å². The second-order valence-corrected chi connectivity index (χ2v) is 5.53. The summed E-state index contributed by atoms with van der Waals surface area (Å²) in [5.74, 6) is 1.37. The molecule has 0 aromatic rings. The van der Waals surface area contributed by atoms with Gasteiger partial charge in [0.05, 0.1) is 6.04 Å². The topological polar surface area (TPSA) is 32.3 Å². The molecule has 2 rings (SSSR count). The first kappa shape index (κ1) is 11.3. The number of likely N-dealkylation sites (tertiary alicyclic amines) is 1. The van der Waals surface area contributed by atoms with Gasteiger partial charge in [0.2, 0.25) is 5.91 Å². The molecule has 1 aliphatic carbocycles. The summed E-state index contributed by atoms with van der Waals surface area (Å²) in [5.41, 5.74) is 0. The molecule has 0 bridgehead atoms. The van der Waals surface area contributed by atoms with E-state index in [4.69, 9.17) is 0 Å². The highest BCUT2D eigenvalue weighted by Gasteiger charge is 2.37. The molecule has 1 aliphatic heterocycles. The van der Waals surface area contributed by atoms with Crippen molar-refractivity contribution in [1.29, 1.82) is 0 Å². The molecule has 1 saturated carbocycles. The van der Waals surface area contributed by atoms with Crippen LogP contribution in [0.5, 0.6) is 0 Å². The third kappa shape index (κ3) is 2.67. The van der Waals surface area contributed by atoms with Gasteiger partial charge in [0.15, 0.2) is 0 Å². The lowest BCUT2D eigenvalue weighted by Crippen LogP contribution is -2.43. The van der Waals surface area contributed by atoms with Crippen molar-refractivity contribution in [3.63, 3.8) is 0 Å². The van der Waals surface area contributed by atoms with Gasteiger partial charge in [-0.15, -0.1) is 0 Å². The minimum absolute atomic E-state index is 0.113. The van der Waals surface area contributed by atoms with Crippen molar-refractivity contribution < 1.29 is 4.79 Å². The summed E-state index contributed by atoms with van der Waals surface area (Å²) in [5, 5.41) is 3.43. The van der Waals surface area contributed by atoms with Gasteiger partial charge in [-0.2, -0.15) is 11.8 Å². The molecule has 15 heavy (non-hydrogen) atoms. The predicted octanol–water partition coefficient (Wildman–Crippen LogP) is 1.09. The molecule has 3 nitrogen and oxygen atoms in total. The van der Waals surface area contributed by atoms with Crippen molar-refractivity contribution in [2.45, 2.75) is 44.3 Å². The number of rotatable bonds is 5. The summed E-state index contributed by atoms with van der Waals surface area (Å²) >= 11 is 1.81. The van der Waals surface area contributed by atoms with E-state index in [0.717, 1.165) is 18.7 Å². The van der Waals surface area contributed by atoms with Gasteiger partial charge in [-0.3, -0.25) is 4.79 Å². The summed E-state index contributed by atoms with van der Waals surface area (Å²) in [6.45, 7) is 3.08. The molecular formula is C11H20N2OS. The van der Waals surface area contributed by atoms with E-state index in [-0.39, 0.29) is 6.04 Å². The van der Waals surface area contributed by atoms with Crippen LogP contribution in [0.3, 0.4) is 0 Å². The van der Waals surface area contributed by atoms with Crippen molar-refractivity contribution in [1.82, 2.24) is 10.2 Å². The average molecular weight is 228 g/mol. The van der Waals surface area contributed by atoms with Crippen molar-refractivity contribution in [3.05, 3.63) is 0 Å². The monoisotopic (exact) mass is 228 g/mol. The maximum Gasteiger partial charge on any atom is 0.240 e. The lowest BCUT2D eigenvalue weighted by Gasteiger charge is -2.24. The van der Waals surface area contributed by atoms with E-state index in [0.29, 0.717) is 18.0 Å². The maximum absolute atomic E-state index is 12.0. The first-order valence-corrected chi connectivity index (χ1v) is 7.17. The van der Waals surface area contributed by atoms with E-state index >= 15 is 0 Å². The van der Waals surface area contributed by atoms with Gasteiger partial charge < -0.3 is 10.2 Å². The molecule has 0 aromatic heterocycles. The molecule has 86 valence electrons. The molecule has 0 aromatic carbocycles. The molecule has 1 heterocycles. The highest BCUT2D eigenvalue weighted by atomic mass is 32.2. The lowest BCUT2D eigenvalue weighted by atomic mass is 10.2. The van der Waals surface area contributed by atoms with Crippen LogP contribution in [0.4, 0.5) is 0 Å². The molecule has 2 atom stereocenters. The largest absolute Gasteiger partial charge is 0.338 e. The fourth-order valence-corrected chi connectivity index (χ4v) is 2.82. The van der Waals surface area contributed by atoms with Crippen LogP contribution in [0.25, 0.3) is 0 Å². The van der Waals surface area contributed by atoms with E-state index in [2.05, 4.69) is 18.5 Å². The van der Waals surface area contributed by atoms with Crippen molar-refractivity contribution >= 4 is 17.7 Å². The van der Waals surface area contributed by atoms with E-state index in [1.54, 1.807) is 0 Å². The Kier molecular flexibility index (Phi) is 3.57. The Morgan fingerprint density at radius 2 is 2.27 bits per heavy atom. The normalized spacial score (nSPS) is 28.5. The zero-order valence-corrected chi connectivity index (χ0v) is 10.3. The van der Waals surface area contributed by atoms with Crippen LogP contribution in [0.1, 0.15) is 26.2 Å². The van der Waals surface area contributed by atoms with Crippen LogP contribution in [0, 0.1) is 0 Å². The van der Waals surface area contributed by atoms with Crippen molar-refractivity contribution in [2.75, 3.05) is 18.6 Å². The molecule has 1 saturated heterocycles. The number of hydrogen-bond acceptors (Lipinski definition) is 3. The second-order valence-electron chi connectivity index (χ2n) is 4.62. The van der Waals surface area contributed by atoms with E-state index in [1.807, 2.05) is 16.7 Å². The number of hydrogen-bond donors (Lipinski definition) is 1. The Morgan fingerprint density at radius 3 is 2.87 bits per heavy atom. The van der Waals surface area contributed by atoms with Crippen molar-refractivity contribution in [3.8, 4) is 0 Å². The Bertz CT molecular complexity index is 243. The van der Waals surface area contributed by atoms with Crippen LogP contribution < -0.4 is 5.32 Å². The number of amides is 1. The number of nitrogens with one attached hydrogen (secondary N) is 1. The van der Waals surface area contributed by atoms with Crippen LogP contribution in [0.2, 0.25) is 0 Å². The molecule has 2 fully saturated rings. The van der Waals surface area contributed by atoms with Gasteiger partial charge in [-0.25, -0.2) is 0 Å². The maximum atomic E-state index is 12.0. The van der Waals surface area contributed by atoms with Gasteiger partial charge in [-0.05, 0) is 32.4 Å². The number of nitrogens with zero attached hydrogens (tertiary/aromatic N) is 1. The van der Waals surface area contributed by atoms with Gasteiger partial charge >= 0.3 is 0 Å². The minimum atomic E-state index is 0.113. The summed E-state index contributed by atoms with van der Waals surface area (Å²) in [6.07, 6.45) is 5.60. The predicted molar refractivity (Wildman–Crippen MR) is 64.1 cm³/mol.